The molecular formula is C10H16N4. The van der Waals surface area contributed by atoms with Gasteiger partial charge in [-0.15, -0.1) is 5.92 Å². The first-order chi connectivity index (χ1) is 6.77. The van der Waals surface area contributed by atoms with Crippen LogP contribution in [0.3, 0.4) is 0 Å². The molecule has 0 aliphatic heterocycles. The predicted octanol–water partition coefficient (Wildman–Crippen LogP) is 0.0328. The minimum Gasteiger partial charge on any atom is -0.329 e. The van der Waals surface area contributed by atoms with Crippen LogP contribution < -0.4 is 11.1 Å². The lowest BCUT2D eigenvalue weighted by Gasteiger charge is -2.12. The van der Waals surface area contributed by atoms with E-state index in [2.05, 4.69) is 22.3 Å². The quantitative estimate of drug-likeness (QED) is 0.662. The molecule has 0 radical (unpaired) electrons. The van der Waals surface area contributed by atoms with E-state index in [1.54, 1.807) is 4.68 Å². The van der Waals surface area contributed by atoms with Crippen LogP contribution in [0, 0.1) is 11.8 Å². The molecule has 1 atom stereocenters. The third-order valence-electron chi connectivity index (χ3n) is 1.98. The van der Waals surface area contributed by atoms with Gasteiger partial charge in [0.15, 0.2) is 0 Å². The molecule has 3 N–H and O–H groups in total. The molecule has 0 saturated carbocycles. The fourth-order valence-corrected chi connectivity index (χ4v) is 1.22. The lowest BCUT2D eigenvalue weighted by molar-refractivity contribution is 0.581. The number of nitrogens with zero attached hydrogens (tertiary/aromatic N) is 2. The smallest absolute Gasteiger partial charge is 0.0581 e. The van der Waals surface area contributed by atoms with Crippen LogP contribution in [0.1, 0.15) is 18.5 Å². The maximum atomic E-state index is 5.65. The first kappa shape index (κ1) is 10.8. The van der Waals surface area contributed by atoms with Crippen molar-refractivity contribution in [1.29, 1.82) is 0 Å². The zero-order valence-corrected chi connectivity index (χ0v) is 8.62. The lowest BCUT2D eigenvalue weighted by Crippen LogP contribution is -2.28. The molecule has 1 aromatic rings. The molecule has 14 heavy (non-hydrogen) atoms. The summed E-state index contributed by atoms with van der Waals surface area (Å²) in [6.45, 7) is 3.04. The topological polar surface area (TPSA) is 55.9 Å². The van der Waals surface area contributed by atoms with Crippen molar-refractivity contribution in [2.75, 3.05) is 13.1 Å². The van der Waals surface area contributed by atoms with E-state index < -0.39 is 0 Å². The van der Waals surface area contributed by atoms with E-state index in [1.165, 1.54) is 0 Å². The lowest BCUT2D eigenvalue weighted by atomic mass is 10.1. The van der Waals surface area contributed by atoms with E-state index in [4.69, 9.17) is 5.73 Å². The van der Waals surface area contributed by atoms with Crippen molar-refractivity contribution in [3.63, 3.8) is 0 Å². The van der Waals surface area contributed by atoms with Crippen LogP contribution in [-0.4, -0.2) is 22.9 Å². The van der Waals surface area contributed by atoms with E-state index in [9.17, 15) is 0 Å². The number of aromatic nitrogens is 2. The second kappa shape index (κ2) is 5.43. The molecule has 0 aromatic carbocycles. The highest BCUT2D eigenvalue weighted by Crippen LogP contribution is 2.08. The highest BCUT2D eigenvalue weighted by atomic mass is 15.2. The summed E-state index contributed by atoms with van der Waals surface area (Å²) in [6.07, 6.45) is 3.79. The molecule has 76 valence electrons. The molecule has 0 amide bonds. The monoisotopic (exact) mass is 192 g/mol. The van der Waals surface area contributed by atoms with E-state index in [0.29, 0.717) is 13.1 Å². The Balaban J connectivity index is 2.56. The van der Waals surface area contributed by atoms with Crippen LogP contribution in [-0.2, 0) is 7.05 Å². The van der Waals surface area contributed by atoms with Crippen LogP contribution >= 0.6 is 0 Å². The van der Waals surface area contributed by atoms with Crippen molar-refractivity contribution in [2.24, 2.45) is 12.8 Å². The van der Waals surface area contributed by atoms with Gasteiger partial charge in [-0.05, 0) is 6.92 Å². The van der Waals surface area contributed by atoms with Crippen molar-refractivity contribution in [1.82, 2.24) is 15.1 Å². The summed E-state index contributed by atoms with van der Waals surface area (Å²) in [5.41, 5.74) is 6.75. The van der Waals surface area contributed by atoms with Crippen LogP contribution in [0.4, 0.5) is 0 Å². The average Bonchev–Trinajstić information content (AvgIpc) is 2.60. The summed E-state index contributed by atoms with van der Waals surface area (Å²) in [6, 6.07) is 0.143. The molecule has 0 fully saturated rings. The van der Waals surface area contributed by atoms with Gasteiger partial charge >= 0.3 is 0 Å². The molecule has 1 unspecified atom stereocenters. The van der Waals surface area contributed by atoms with Gasteiger partial charge in [-0.25, -0.2) is 0 Å². The fourth-order valence-electron chi connectivity index (χ4n) is 1.22. The zero-order valence-electron chi connectivity index (χ0n) is 8.62. The summed E-state index contributed by atoms with van der Waals surface area (Å²) in [5, 5.41) is 7.35. The van der Waals surface area contributed by atoms with Crippen molar-refractivity contribution in [3.8, 4) is 11.8 Å². The van der Waals surface area contributed by atoms with Crippen molar-refractivity contribution >= 4 is 0 Å². The van der Waals surface area contributed by atoms with Crippen LogP contribution in [0.5, 0.6) is 0 Å². The Kier molecular flexibility index (Phi) is 4.17. The molecule has 1 heterocycles. The highest BCUT2D eigenvalue weighted by molar-refractivity contribution is 5.11. The predicted molar refractivity (Wildman–Crippen MR) is 56.5 cm³/mol. The Labute approximate surface area is 84.5 Å². The molecule has 0 aliphatic carbocycles. The highest BCUT2D eigenvalue weighted by Gasteiger charge is 2.09. The van der Waals surface area contributed by atoms with Crippen molar-refractivity contribution in [2.45, 2.75) is 13.0 Å². The van der Waals surface area contributed by atoms with Gasteiger partial charge in [-0.1, -0.05) is 5.92 Å². The number of nitrogens with two attached hydrogens (primary N) is 1. The van der Waals surface area contributed by atoms with E-state index in [1.807, 2.05) is 26.4 Å². The summed E-state index contributed by atoms with van der Waals surface area (Å²) in [5.74, 6) is 5.78. The number of hydrogen-bond acceptors (Lipinski definition) is 3. The molecule has 0 bridgehead atoms. The van der Waals surface area contributed by atoms with E-state index in [-0.39, 0.29) is 6.04 Å². The summed E-state index contributed by atoms with van der Waals surface area (Å²) in [7, 11) is 1.89. The van der Waals surface area contributed by atoms with Crippen LogP contribution in [0.2, 0.25) is 0 Å². The van der Waals surface area contributed by atoms with Crippen LogP contribution in [0.25, 0.3) is 0 Å². The normalized spacial score (nSPS) is 11.9. The van der Waals surface area contributed by atoms with Gasteiger partial charge in [0.25, 0.3) is 0 Å². The molecular weight excluding hydrogens is 176 g/mol. The Hall–Kier alpha value is -1.31. The second-order valence-electron chi connectivity index (χ2n) is 3.04. The minimum absolute atomic E-state index is 0.143. The minimum atomic E-state index is 0.143. The van der Waals surface area contributed by atoms with E-state index >= 15 is 0 Å². The maximum absolute atomic E-state index is 5.65. The number of aryl methyl sites for hydroxylation is 1. The van der Waals surface area contributed by atoms with E-state index in [0.717, 1.165) is 5.56 Å². The summed E-state index contributed by atoms with van der Waals surface area (Å²) < 4.78 is 1.77. The summed E-state index contributed by atoms with van der Waals surface area (Å²) >= 11 is 0. The fraction of sp³-hybridized carbons (Fsp3) is 0.500. The van der Waals surface area contributed by atoms with Crippen LogP contribution in [0.15, 0.2) is 12.4 Å². The SMILES string of the molecule is CC#CCNC(CN)c1cnn(C)c1. The Morgan fingerprint density at radius 3 is 3.00 bits per heavy atom. The average molecular weight is 192 g/mol. The Morgan fingerprint density at radius 1 is 1.71 bits per heavy atom. The number of nitrogens with one attached hydrogen (secondary N) is 1. The van der Waals surface area contributed by atoms with Gasteiger partial charge in [0.1, 0.15) is 0 Å². The van der Waals surface area contributed by atoms with Gasteiger partial charge in [-0.3, -0.25) is 10.00 Å². The standard InChI is InChI=1S/C10H16N4/c1-3-4-5-12-10(6-11)9-7-13-14(2)8-9/h7-8,10,12H,5-6,11H2,1-2H3. The number of rotatable bonds is 4. The maximum Gasteiger partial charge on any atom is 0.0581 e. The first-order valence-corrected chi connectivity index (χ1v) is 4.59. The Bertz CT molecular complexity index is 331. The van der Waals surface area contributed by atoms with Gasteiger partial charge in [0.2, 0.25) is 0 Å². The molecule has 1 rings (SSSR count). The van der Waals surface area contributed by atoms with Gasteiger partial charge in [0, 0.05) is 31.4 Å². The first-order valence-electron chi connectivity index (χ1n) is 4.59. The zero-order chi connectivity index (χ0) is 10.4. The summed E-state index contributed by atoms with van der Waals surface area (Å²) in [4.78, 5) is 0. The molecule has 1 aromatic heterocycles. The van der Waals surface area contributed by atoms with Gasteiger partial charge < -0.3 is 5.73 Å². The van der Waals surface area contributed by atoms with Crippen molar-refractivity contribution < 1.29 is 0 Å². The third-order valence-corrected chi connectivity index (χ3v) is 1.98. The van der Waals surface area contributed by atoms with Gasteiger partial charge in [0.05, 0.1) is 12.7 Å². The molecule has 0 aliphatic rings. The second-order valence-corrected chi connectivity index (χ2v) is 3.04. The molecule has 4 heteroatoms. The largest absolute Gasteiger partial charge is 0.329 e. The van der Waals surface area contributed by atoms with Gasteiger partial charge in [-0.2, -0.15) is 5.10 Å². The molecule has 0 spiro atoms. The molecule has 0 saturated heterocycles. The van der Waals surface area contributed by atoms with Crippen molar-refractivity contribution in [3.05, 3.63) is 18.0 Å². The Morgan fingerprint density at radius 2 is 2.50 bits per heavy atom. The molecule has 4 nitrogen and oxygen atoms in total. The number of hydrogen-bond donors (Lipinski definition) is 2. The third kappa shape index (κ3) is 2.87.